The van der Waals surface area contributed by atoms with E-state index in [0.29, 0.717) is 19.2 Å². The average molecular weight is 348 g/mol. The maximum Gasteiger partial charge on any atom is 0.198 e. The van der Waals surface area contributed by atoms with Crippen molar-refractivity contribution in [2.24, 2.45) is 7.05 Å². The van der Waals surface area contributed by atoms with Crippen molar-refractivity contribution in [1.29, 1.82) is 0 Å². The molecule has 1 aromatic heterocycles. The Morgan fingerprint density at radius 3 is 2.75 bits per heavy atom. The van der Waals surface area contributed by atoms with Gasteiger partial charge < -0.3 is 9.30 Å². The van der Waals surface area contributed by atoms with Gasteiger partial charge in [0.05, 0.1) is 19.4 Å². The molecule has 7 heteroatoms. The summed E-state index contributed by atoms with van der Waals surface area (Å²) in [6, 6.07) is 6.55. The summed E-state index contributed by atoms with van der Waals surface area (Å²) in [5.74, 6) is 1.46. The first kappa shape index (κ1) is 15.9. The Bertz CT molecular complexity index is 781. The zero-order chi connectivity index (χ0) is 16.7. The van der Waals surface area contributed by atoms with Gasteiger partial charge in [0.2, 0.25) is 0 Å². The Morgan fingerprint density at radius 2 is 2.04 bits per heavy atom. The molecule has 4 rings (SSSR count). The zero-order valence-corrected chi connectivity index (χ0v) is 14.5. The van der Waals surface area contributed by atoms with Gasteiger partial charge in [-0.3, -0.25) is 4.90 Å². The van der Waals surface area contributed by atoms with E-state index in [4.69, 9.17) is 22.1 Å². The highest BCUT2D eigenvalue weighted by atomic mass is 32.1. The summed E-state index contributed by atoms with van der Waals surface area (Å²) in [5.41, 5.74) is 1.00. The van der Waals surface area contributed by atoms with Crippen molar-refractivity contribution in [3.05, 3.63) is 46.2 Å². The normalized spacial score (nSPS) is 22.0. The molecule has 0 bridgehead atoms. The third-order valence-electron chi connectivity index (χ3n) is 4.74. The molecule has 128 valence electrons. The van der Waals surface area contributed by atoms with Crippen LogP contribution in [-0.4, -0.2) is 38.9 Å². The molecule has 0 amide bonds. The fourth-order valence-corrected chi connectivity index (χ4v) is 3.39. The quantitative estimate of drug-likeness (QED) is 0.796. The molecule has 1 aliphatic heterocycles. The maximum atomic E-state index is 13.1. The van der Waals surface area contributed by atoms with Gasteiger partial charge in [-0.1, -0.05) is 12.1 Å². The van der Waals surface area contributed by atoms with Gasteiger partial charge in [-0.2, -0.15) is 5.10 Å². The molecule has 5 nitrogen and oxygen atoms in total. The molecule has 1 atom stereocenters. The van der Waals surface area contributed by atoms with Gasteiger partial charge >= 0.3 is 0 Å². The van der Waals surface area contributed by atoms with E-state index in [-0.39, 0.29) is 11.9 Å². The summed E-state index contributed by atoms with van der Waals surface area (Å²) in [5, 5.41) is 4.72. The number of halogens is 1. The van der Waals surface area contributed by atoms with Gasteiger partial charge in [0, 0.05) is 26.1 Å². The molecule has 2 aromatic rings. The highest BCUT2D eigenvalue weighted by molar-refractivity contribution is 7.71. The van der Waals surface area contributed by atoms with Crippen molar-refractivity contribution in [1.82, 2.24) is 19.2 Å². The lowest BCUT2D eigenvalue weighted by molar-refractivity contribution is -0.0419. The van der Waals surface area contributed by atoms with Crippen LogP contribution >= 0.6 is 12.2 Å². The number of rotatable bonds is 4. The molecule has 1 saturated heterocycles. The van der Waals surface area contributed by atoms with Gasteiger partial charge in [0.1, 0.15) is 11.6 Å². The van der Waals surface area contributed by atoms with Gasteiger partial charge in [0.25, 0.3) is 0 Å². The summed E-state index contributed by atoms with van der Waals surface area (Å²) in [4.78, 5) is 2.29. The van der Waals surface area contributed by atoms with Crippen molar-refractivity contribution in [2.45, 2.75) is 31.5 Å². The number of hydrogen-bond acceptors (Lipinski definition) is 4. The Kier molecular flexibility index (Phi) is 4.24. The molecule has 2 heterocycles. The molecule has 1 aliphatic carbocycles. The number of benzene rings is 1. The molecule has 2 aliphatic rings. The zero-order valence-electron chi connectivity index (χ0n) is 13.7. The van der Waals surface area contributed by atoms with Crippen molar-refractivity contribution in [2.75, 3.05) is 19.7 Å². The molecule has 0 N–H and O–H groups in total. The van der Waals surface area contributed by atoms with Crippen molar-refractivity contribution in [3.8, 4) is 0 Å². The van der Waals surface area contributed by atoms with Crippen LogP contribution in [0.5, 0.6) is 0 Å². The van der Waals surface area contributed by atoms with Crippen LogP contribution in [0.1, 0.15) is 36.3 Å². The monoisotopic (exact) mass is 348 g/mol. The van der Waals surface area contributed by atoms with E-state index in [2.05, 4.69) is 4.90 Å². The van der Waals surface area contributed by atoms with Crippen LogP contribution < -0.4 is 0 Å². The van der Waals surface area contributed by atoms with Crippen LogP contribution in [0.15, 0.2) is 24.3 Å². The maximum absolute atomic E-state index is 13.1. The summed E-state index contributed by atoms with van der Waals surface area (Å²) in [6.07, 6.45) is 2.38. The molecule has 0 spiro atoms. The largest absolute Gasteiger partial charge is 0.371 e. The summed E-state index contributed by atoms with van der Waals surface area (Å²) in [7, 11) is 2.00. The van der Waals surface area contributed by atoms with Crippen LogP contribution in [0.25, 0.3) is 0 Å². The molecular weight excluding hydrogens is 327 g/mol. The molecule has 1 unspecified atom stereocenters. The lowest BCUT2D eigenvalue weighted by Crippen LogP contribution is -2.39. The second-order valence-corrected chi connectivity index (χ2v) is 6.97. The molecule has 1 saturated carbocycles. The van der Waals surface area contributed by atoms with Gasteiger partial charge in [0.15, 0.2) is 4.77 Å². The van der Waals surface area contributed by atoms with Crippen LogP contribution in [0, 0.1) is 10.6 Å². The van der Waals surface area contributed by atoms with E-state index >= 15 is 0 Å². The van der Waals surface area contributed by atoms with E-state index in [0.717, 1.165) is 29.2 Å². The third kappa shape index (κ3) is 3.16. The topological polar surface area (TPSA) is 35.2 Å². The van der Waals surface area contributed by atoms with E-state index in [1.165, 1.54) is 25.0 Å². The van der Waals surface area contributed by atoms with Crippen LogP contribution in [0.3, 0.4) is 0 Å². The van der Waals surface area contributed by atoms with E-state index in [1.54, 1.807) is 12.1 Å². The smallest absolute Gasteiger partial charge is 0.198 e. The fourth-order valence-electron chi connectivity index (χ4n) is 3.19. The van der Waals surface area contributed by atoms with Crippen LogP contribution in [-0.2, 0) is 18.5 Å². The predicted octanol–water partition coefficient (Wildman–Crippen LogP) is 3.00. The highest BCUT2D eigenvalue weighted by Crippen LogP contribution is 2.38. The van der Waals surface area contributed by atoms with Gasteiger partial charge in [-0.25, -0.2) is 9.07 Å². The Labute approximate surface area is 145 Å². The first-order valence-electron chi connectivity index (χ1n) is 8.35. The third-order valence-corrected chi connectivity index (χ3v) is 5.23. The lowest BCUT2D eigenvalue weighted by atomic mass is 10.1. The summed E-state index contributed by atoms with van der Waals surface area (Å²) >= 11 is 5.53. The number of aromatic nitrogens is 3. The van der Waals surface area contributed by atoms with Gasteiger partial charge in [-0.05, 0) is 42.8 Å². The Hall–Kier alpha value is -1.57. The van der Waals surface area contributed by atoms with E-state index in [1.807, 2.05) is 16.3 Å². The van der Waals surface area contributed by atoms with Gasteiger partial charge in [-0.15, -0.1) is 0 Å². The van der Waals surface area contributed by atoms with Crippen molar-refractivity contribution in [3.63, 3.8) is 0 Å². The standard InChI is InChI=1S/C17H21FN4OS/c1-20-16(13-2-3-13)19-22(17(20)24)11-21-8-9-23-15(10-21)12-4-6-14(18)7-5-12/h4-7,13,15H,2-3,8-11H2,1H3. The minimum absolute atomic E-state index is 0.0415. The first-order chi connectivity index (χ1) is 11.6. The van der Waals surface area contributed by atoms with E-state index < -0.39 is 0 Å². The number of hydrogen-bond donors (Lipinski definition) is 0. The van der Waals surface area contributed by atoms with E-state index in [9.17, 15) is 4.39 Å². The number of morpholine rings is 1. The minimum atomic E-state index is -0.223. The van der Waals surface area contributed by atoms with Crippen LogP contribution in [0.2, 0.25) is 0 Å². The van der Waals surface area contributed by atoms with Crippen LogP contribution in [0.4, 0.5) is 4.39 Å². The SMILES string of the molecule is Cn1c(C2CC2)nn(CN2CCOC(c3ccc(F)cc3)C2)c1=S. The Balaban J connectivity index is 1.48. The Morgan fingerprint density at radius 1 is 1.29 bits per heavy atom. The molecular formula is C17H21FN4OS. The lowest BCUT2D eigenvalue weighted by Gasteiger charge is -2.32. The molecule has 0 radical (unpaired) electrons. The molecule has 24 heavy (non-hydrogen) atoms. The average Bonchev–Trinajstić information content (AvgIpc) is 3.39. The number of ether oxygens (including phenoxy) is 1. The molecule has 1 aromatic carbocycles. The second kappa shape index (κ2) is 6.38. The second-order valence-electron chi connectivity index (χ2n) is 6.60. The summed E-state index contributed by atoms with van der Waals surface area (Å²) < 4.78 is 23.7. The number of nitrogens with zero attached hydrogens (tertiary/aromatic N) is 4. The predicted molar refractivity (Wildman–Crippen MR) is 90.7 cm³/mol. The van der Waals surface area contributed by atoms with Crippen molar-refractivity contribution < 1.29 is 9.13 Å². The first-order valence-corrected chi connectivity index (χ1v) is 8.76. The molecule has 2 fully saturated rings. The highest BCUT2D eigenvalue weighted by Gasteiger charge is 2.30. The van der Waals surface area contributed by atoms with Crippen molar-refractivity contribution >= 4 is 12.2 Å². The fraction of sp³-hybridized carbons (Fsp3) is 0.529. The summed E-state index contributed by atoms with van der Waals surface area (Å²) in [6.45, 7) is 2.91. The minimum Gasteiger partial charge on any atom is -0.371 e.